The van der Waals surface area contributed by atoms with Crippen LogP contribution < -0.4 is 10.2 Å². The standard InChI is InChI=1S/C14H20N4/c1-17-9-11-18(12-10-17)14-5-3-13(4-6-14)16-8-2-7-15/h3-6,16H,2,8-12H2,1H3. The topological polar surface area (TPSA) is 42.3 Å². The minimum Gasteiger partial charge on any atom is -0.384 e. The molecular formula is C14H20N4. The Labute approximate surface area is 109 Å². The van der Waals surface area contributed by atoms with Crippen molar-refractivity contribution in [1.29, 1.82) is 5.26 Å². The van der Waals surface area contributed by atoms with Crippen LogP contribution in [0.2, 0.25) is 0 Å². The predicted octanol–water partition coefficient (Wildman–Crippen LogP) is 1.76. The summed E-state index contributed by atoms with van der Waals surface area (Å²) in [6, 6.07) is 10.6. The van der Waals surface area contributed by atoms with Gasteiger partial charge < -0.3 is 15.1 Å². The van der Waals surface area contributed by atoms with Gasteiger partial charge in [0.1, 0.15) is 0 Å². The minimum atomic E-state index is 0.542. The van der Waals surface area contributed by atoms with Crippen LogP contribution in [0.25, 0.3) is 0 Å². The highest BCUT2D eigenvalue weighted by atomic mass is 15.2. The Morgan fingerprint density at radius 2 is 1.83 bits per heavy atom. The van der Waals surface area contributed by atoms with Crippen LogP contribution in [0.15, 0.2) is 24.3 Å². The Kier molecular flexibility index (Phi) is 4.43. The molecule has 1 aliphatic rings. The number of nitrogens with zero attached hydrogens (tertiary/aromatic N) is 3. The normalized spacial score (nSPS) is 16.3. The molecule has 0 radical (unpaired) electrons. The van der Waals surface area contributed by atoms with Gasteiger partial charge in [0, 0.05) is 44.1 Å². The number of likely N-dealkylation sites (N-methyl/N-ethyl adjacent to an activating group) is 1. The van der Waals surface area contributed by atoms with Crippen molar-refractivity contribution in [2.75, 3.05) is 50.0 Å². The van der Waals surface area contributed by atoms with E-state index in [1.807, 2.05) is 0 Å². The number of piperazine rings is 1. The van der Waals surface area contributed by atoms with Crippen LogP contribution in [0.5, 0.6) is 0 Å². The second-order valence-electron chi connectivity index (χ2n) is 4.67. The average Bonchev–Trinajstić information content (AvgIpc) is 2.41. The fraction of sp³-hybridized carbons (Fsp3) is 0.500. The summed E-state index contributed by atoms with van der Waals surface area (Å²) in [6.45, 7) is 5.16. The van der Waals surface area contributed by atoms with Gasteiger partial charge in [-0.05, 0) is 31.3 Å². The molecule has 1 aromatic carbocycles. The second-order valence-corrected chi connectivity index (χ2v) is 4.67. The van der Waals surface area contributed by atoms with Gasteiger partial charge in [0.05, 0.1) is 12.5 Å². The van der Waals surface area contributed by atoms with E-state index in [0.717, 1.165) is 31.9 Å². The average molecular weight is 244 g/mol. The fourth-order valence-corrected chi connectivity index (χ4v) is 2.12. The Bertz CT molecular complexity index is 399. The SMILES string of the molecule is CN1CCN(c2ccc(NCCC#N)cc2)CC1. The summed E-state index contributed by atoms with van der Waals surface area (Å²) in [5.41, 5.74) is 2.37. The van der Waals surface area contributed by atoms with E-state index >= 15 is 0 Å². The molecule has 0 spiro atoms. The van der Waals surface area contributed by atoms with Gasteiger partial charge in [-0.2, -0.15) is 5.26 Å². The lowest BCUT2D eigenvalue weighted by Crippen LogP contribution is -2.44. The summed E-state index contributed by atoms with van der Waals surface area (Å²) >= 11 is 0. The Morgan fingerprint density at radius 3 is 2.44 bits per heavy atom. The van der Waals surface area contributed by atoms with Crippen LogP contribution >= 0.6 is 0 Å². The third-order valence-corrected chi connectivity index (χ3v) is 3.30. The van der Waals surface area contributed by atoms with Gasteiger partial charge in [-0.3, -0.25) is 0 Å². The van der Waals surface area contributed by atoms with Crippen molar-refractivity contribution in [3.63, 3.8) is 0 Å². The van der Waals surface area contributed by atoms with Gasteiger partial charge in [0.2, 0.25) is 0 Å². The molecule has 1 saturated heterocycles. The van der Waals surface area contributed by atoms with Gasteiger partial charge in [0.15, 0.2) is 0 Å². The first-order valence-corrected chi connectivity index (χ1v) is 6.44. The van der Waals surface area contributed by atoms with Crippen molar-refractivity contribution in [2.45, 2.75) is 6.42 Å². The maximum Gasteiger partial charge on any atom is 0.0640 e. The van der Waals surface area contributed by atoms with E-state index in [0.29, 0.717) is 13.0 Å². The molecule has 1 fully saturated rings. The number of rotatable bonds is 4. The van der Waals surface area contributed by atoms with Gasteiger partial charge >= 0.3 is 0 Å². The smallest absolute Gasteiger partial charge is 0.0640 e. The third kappa shape index (κ3) is 3.38. The molecule has 1 heterocycles. The number of hydrogen-bond acceptors (Lipinski definition) is 4. The van der Waals surface area contributed by atoms with E-state index in [2.05, 4.69) is 52.5 Å². The van der Waals surface area contributed by atoms with Gasteiger partial charge in [0.25, 0.3) is 0 Å². The molecule has 2 rings (SSSR count). The van der Waals surface area contributed by atoms with Crippen LogP contribution in [-0.4, -0.2) is 44.7 Å². The van der Waals surface area contributed by atoms with Crippen LogP contribution in [0.4, 0.5) is 11.4 Å². The number of hydrogen-bond donors (Lipinski definition) is 1. The van der Waals surface area contributed by atoms with E-state index in [9.17, 15) is 0 Å². The lowest BCUT2D eigenvalue weighted by Gasteiger charge is -2.34. The minimum absolute atomic E-state index is 0.542. The molecule has 1 N–H and O–H groups in total. The molecule has 0 bridgehead atoms. The molecule has 1 aromatic rings. The van der Waals surface area contributed by atoms with Crippen LogP contribution in [0.1, 0.15) is 6.42 Å². The zero-order chi connectivity index (χ0) is 12.8. The van der Waals surface area contributed by atoms with E-state index in [-0.39, 0.29) is 0 Å². The molecule has 0 aliphatic carbocycles. The first-order chi connectivity index (χ1) is 8.79. The Morgan fingerprint density at radius 1 is 1.17 bits per heavy atom. The van der Waals surface area contributed by atoms with Crippen molar-refractivity contribution in [3.05, 3.63) is 24.3 Å². The summed E-state index contributed by atoms with van der Waals surface area (Å²) in [5, 5.41) is 11.7. The highest BCUT2D eigenvalue weighted by molar-refractivity contribution is 5.55. The molecule has 0 unspecified atom stereocenters. The summed E-state index contributed by atoms with van der Waals surface area (Å²) in [6.07, 6.45) is 0.542. The monoisotopic (exact) mass is 244 g/mol. The lowest BCUT2D eigenvalue weighted by atomic mass is 10.2. The molecular weight excluding hydrogens is 224 g/mol. The molecule has 4 heteroatoms. The van der Waals surface area contributed by atoms with Crippen molar-refractivity contribution < 1.29 is 0 Å². The molecule has 0 aromatic heterocycles. The number of nitriles is 1. The zero-order valence-electron chi connectivity index (χ0n) is 10.9. The van der Waals surface area contributed by atoms with Gasteiger partial charge in [-0.15, -0.1) is 0 Å². The summed E-state index contributed by atoms with van der Waals surface area (Å²) in [5.74, 6) is 0. The largest absolute Gasteiger partial charge is 0.384 e. The van der Waals surface area contributed by atoms with Crippen molar-refractivity contribution >= 4 is 11.4 Å². The molecule has 0 amide bonds. The Balaban J connectivity index is 1.89. The maximum atomic E-state index is 8.48. The predicted molar refractivity (Wildman–Crippen MR) is 74.9 cm³/mol. The van der Waals surface area contributed by atoms with Crippen LogP contribution in [-0.2, 0) is 0 Å². The summed E-state index contributed by atoms with van der Waals surface area (Å²) in [7, 11) is 2.17. The van der Waals surface area contributed by atoms with E-state index < -0.39 is 0 Å². The highest BCUT2D eigenvalue weighted by Gasteiger charge is 2.13. The van der Waals surface area contributed by atoms with Gasteiger partial charge in [-0.25, -0.2) is 0 Å². The van der Waals surface area contributed by atoms with Crippen LogP contribution in [0, 0.1) is 11.3 Å². The quantitative estimate of drug-likeness (QED) is 0.820. The summed E-state index contributed by atoms with van der Waals surface area (Å²) < 4.78 is 0. The van der Waals surface area contributed by atoms with Gasteiger partial charge in [-0.1, -0.05) is 0 Å². The highest BCUT2D eigenvalue weighted by Crippen LogP contribution is 2.19. The molecule has 96 valence electrons. The van der Waals surface area contributed by atoms with Crippen LogP contribution in [0.3, 0.4) is 0 Å². The van der Waals surface area contributed by atoms with E-state index in [4.69, 9.17) is 5.26 Å². The first-order valence-electron chi connectivity index (χ1n) is 6.44. The number of anilines is 2. The Hall–Kier alpha value is -1.73. The second kappa shape index (κ2) is 6.27. The molecule has 18 heavy (non-hydrogen) atoms. The summed E-state index contributed by atoms with van der Waals surface area (Å²) in [4.78, 5) is 4.77. The number of nitrogens with one attached hydrogen (secondary N) is 1. The van der Waals surface area contributed by atoms with Crippen molar-refractivity contribution in [3.8, 4) is 6.07 Å². The first kappa shape index (κ1) is 12.7. The molecule has 0 saturated carbocycles. The number of benzene rings is 1. The molecule has 4 nitrogen and oxygen atoms in total. The lowest BCUT2D eigenvalue weighted by molar-refractivity contribution is 0.313. The third-order valence-electron chi connectivity index (χ3n) is 3.30. The van der Waals surface area contributed by atoms with E-state index in [1.54, 1.807) is 0 Å². The van der Waals surface area contributed by atoms with E-state index in [1.165, 1.54) is 5.69 Å². The van der Waals surface area contributed by atoms with Crippen molar-refractivity contribution in [1.82, 2.24) is 4.90 Å². The maximum absolute atomic E-state index is 8.48. The molecule has 1 aliphatic heterocycles. The van der Waals surface area contributed by atoms with Crippen molar-refractivity contribution in [2.24, 2.45) is 0 Å². The zero-order valence-corrected chi connectivity index (χ0v) is 10.9. The fourth-order valence-electron chi connectivity index (χ4n) is 2.12. The molecule has 0 atom stereocenters.